The summed E-state index contributed by atoms with van der Waals surface area (Å²) in [4.78, 5) is 38.7. The third-order valence-corrected chi connectivity index (χ3v) is 6.77. The van der Waals surface area contributed by atoms with E-state index in [1.54, 1.807) is 12.1 Å². The van der Waals surface area contributed by atoms with E-state index < -0.39 is 17.0 Å². The smallest absolute Gasteiger partial charge is 0.293 e. The number of hydrogen-bond acceptors (Lipinski definition) is 9. The highest BCUT2D eigenvalue weighted by Crippen LogP contribution is 2.32. The monoisotopic (exact) mass is 490 g/mol. The molecule has 0 spiro atoms. The second-order valence-electron chi connectivity index (χ2n) is 6.34. The van der Waals surface area contributed by atoms with Crippen molar-refractivity contribution in [1.29, 1.82) is 0 Å². The van der Waals surface area contributed by atoms with Gasteiger partial charge in [-0.1, -0.05) is 36.0 Å². The standard InChI is InChI=1S/C20H15FN4O4S3/c21-13-5-2-1-4-12(13)10-15-18(27)25(20(28)32-15)8-7-22-16(26)11-31-19-24-23-17(29-19)14-6-3-9-30-14/h1-6,9-10H,7-8,11H2,(H,22,26)/b15-10-. The lowest BCUT2D eigenvalue weighted by Crippen LogP contribution is -2.37. The Morgan fingerprint density at radius 3 is 2.84 bits per heavy atom. The molecule has 1 aromatic carbocycles. The third kappa shape index (κ3) is 5.26. The highest BCUT2D eigenvalue weighted by molar-refractivity contribution is 8.18. The Balaban J connectivity index is 1.24. The van der Waals surface area contributed by atoms with Gasteiger partial charge in [-0.25, -0.2) is 4.39 Å². The minimum Gasteiger partial charge on any atom is -0.410 e. The Kier molecular flexibility index (Phi) is 7.02. The summed E-state index contributed by atoms with van der Waals surface area (Å²) < 4.78 is 19.3. The Hall–Kier alpha value is -2.96. The first-order valence-corrected chi connectivity index (χ1v) is 12.0. The van der Waals surface area contributed by atoms with Gasteiger partial charge < -0.3 is 9.73 Å². The Labute approximate surface area is 194 Å². The van der Waals surface area contributed by atoms with Crippen LogP contribution in [0.4, 0.5) is 9.18 Å². The number of halogens is 1. The zero-order chi connectivity index (χ0) is 22.5. The van der Waals surface area contributed by atoms with Crippen LogP contribution in [0.25, 0.3) is 16.8 Å². The number of thioether (sulfide) groups is 2. The van der Waals surface area contributed by atoms with Crippen molar-refractivity contribution in [2.75, 3.05) is 18.8 Å². The van der Waals surface area contributed by atoms with Crippen LogP contribution < -0.4 is 5.32 Å². The van der Waals surface area contributed by atoms with Crippen LogP contribution in [0, 0.1) is 5.82 Å². The van der Waals surface area contributed by atoms with Crippen molar-refractivity contribution in [1.82, 2.24) is 20.4 Å². The van der Waals surface area contributed by atoms with Gasteiger partial charge in [0.1, 0.15) is 5.82 Å². The molecule has 3 aromatic rings. The Bertz CT molecular complexity index is 1180. The van der Waals surface area contributed by atoms with Crippen LogP contribution in [0.1, 0.15) is 5.56 Å². The zero-order valence-corrected chi connectivity index (χ0v) is 18.8. The number of carbonyl (C=O) groups is 3. The minimum absolute atomic E-state index is 0.0127. The quantitative estimate of drug-likeness (QED) is 0.375. The number of benzene rings is 1. The summed E-state index contributed by atoms with van der Waals surface area (Å²) in [6.45, 7) is 0.105. The normalized spacial score (nSPS) is 15.0. The number of nitrogens with one attached hydrogen (secondary N) is 1. The molecule has 0 atom stereocenters. The molecule has 164 valence electrons. The maximum absolute atomic E-state index is 13.8. The number of thiophene rings is 1. The van der Waals surface area contributed by atoms with Crippen LogP contribution in [-0.2, 0) is 9.59 Å². The Morgan fingerprint density at radius 2 is 2.06 bits per heavy atom. The van der Waals surface area contributed by atoms with Gasteiger partial charge in [-0.3, -0.25) is 19.3 Å². The van der Waals surface area contributed by atoms with Gasteiger partial charge in [0.2, 0.25) is 5.91 Å². The van der Waals surface area contributed by atoms with Crippen LogP contribution in [0.5, 0.6) is 0 Å². The molecule has 4 rings (SSSR count). The number of carbonyl (C=O) groups excluding carboxylic acids is 3. The first kappa shape index (κ1) is 22.2. The summed E-state index contributed by atoms with van der Waals surface area (Å²) in [5.74, 6) is -0.863. The molecular weight excluding hydrogens is 475 g/mol. The van der Waals surface area contributed by atoms with Crippen LogP contribution in [0.2, 0.25) is 0 Å². The molecule has 1 N–H and O–H groups in total. The highest BCUT2D eigenvalue weighted by Gasteiger charge is 2.34. The number of aromatic nitrogens is 2. The number of amides is 3. The predicted molar refractivity (Wildman–Crippen MR) is 120 cm³/mol. The summed E-state index contributed by atoms with van der Waals surface area (Å²) in [6, 6.07) is 9.71. The molecule has 2 aromatic heterocycles. The van der Waals surface area contributed by atoms with Gasteiger partial charge in [0, 0.05) is 18.7 Å². The van der Waals surface area contributed by atoms with Gasteiger partial charge in [0.05, 0.1) is 15.5 Å². The topological polar surface area (TPSA) is 105 Å². The molecule has 1 saturated heterocycles. The van der Waals surface area contributed by atoms with Crippen LogP contribution in [-0.4, -0.2) is 51.0 Å². The highest BCUT2D eigenvalue weighted by atomic mass is 32.2. The molecule has 1 aliphatic heterocycles. The minimum atomic E-state index is -0.515. The molecule has 3 heterocycles. The summed E-state index contributed by atoms with van der Waals surface area (Å²) in [6.07, 6.45) is 1.35. The van der Waals surface area contributed by atoms with Gasteiger partial charge in [0.25, 0.3) is 22.3 Å². The average Bonchev–Trinajstić information content (AvgIpc) is 3.51. The van der Waals surface area contributed by atoms with Gasteiger partial charge in [0.15, 0.2) is 0 Å². The third-order valence-electron chi connectivity index (χ3n) is 4.19. The summed E-state index contributed by atoms with van der Waals surface area (Å²) >= 11 is 3.30. The second kappa shape index (κ2) is 10.1. The van der Waals surface area contributed by atoms with Crippen molar-refractivity contribution >= 4 is 58.0 Å². The van der Waals surface area contributed by atoms with E-state index in [1.165, 1.54) is 29.5 Å². The molecule has 12 heteroatoms. The molecule has 0 bridgehead atoms. The fraction of sp³-hybridized carbons (Fsp3) is 0.150. The molecule has 1 fully saturated rings. The van der Waals surface area contributed by atoms with E-state index in [9.17, 15) is 18.8 Å². The number of nitrogens with zero attached hydrogens (tertiary/aromatic N) is 3. The van der Waals surface area contributed by atoms with E-state index in [4.69, 9.17) is 4.42 Å². The first-order chi connectivity index (χ1) is 15.5. The van der Waals surface area contributed by atoms with Crippen molar-refractivity contribution in [3.8, 4) is 10.8 Å². The van der Waals surface area contributed by atoms with Crippen molar-refractivity contribution in [3.05, 3.63) is 58.1 Å². The van der Waals surface area contributed by atoms with E-state index in [2.05, 4.69) is 15.5 Å². The zero-order valence-electron chi connectivity index (χ0n) is 16.3. The second-order valence-corrected chi connectivity index (χ2v) is 9.21. The molecule has 0 aliphatic carbocycles. The summed E-state index contributed by atoms with van der Waals surface area (Å²) in [5.41, 5.74) is 0.228. The summed E-state index contributed by atoms with van der Waals surface area (Å²) in [7, 11) is 0. The maximum Gasteiger partial charge on any atom is 0.293 e. The first-order valence-electron chi connectivity index (χ1n) is 9.28. The molecule has 0 radical (unpaired) electrons. The molecule has 0 unspecified atom stereocenters. The van der Waals surface area contributed by atoms with Crippen molar-refractivity contribution in [3.63, 3.8) is 0 Å². The van der Waals surface area contributed by atoms with Crippen molar-refractivity contribution < 1.29 is 23.2 Å². The lowest BCUT2D eigenvalue weighted by molar-refractivity contribution is -0.123. The van der Waals surface area contributed by atoms with Crippen molar-refractivity contribution in [2.45, 2.75) is 5.22 Å². The Morgan fingerprint density at radius 1 is 1.22 bits per heavy atom. The lowest BCUT2D eigenvalue weighted by atomic mass is 10.2. The molecular formula is C20H15FN4O4S3. The van der Waals surface area contributed by atoms with E-state index in [-0.39, 0.29) is 40.4 Å². The van der Waals surface area contributed by atoms with E-state index >= 15 is 0 Å². The maximum atomic E-state index is 13.8. The van der Waals surface area contributed by atoms with Gasteiger partial charge in [-0.05, 0) is 35.4 Å². The van der Waals surface area contributed by atoms with Crippen LogP contribution >= 0.6 is 34.9 Å². The van der Waals surface area contributed by atoms with Gasteiger partial charge in [-0.2, -0.15) is 0 Å². The lowest BCUT2D eigenvalue weighted by Gasteiger charge is -2.12. The molecule has 8 nitrogen and oxygen atoms in total. The van der Waals surface area contributed by atoms with E-state index in [0.717, 1.165) is 33.3 Å². The fourth-order valence-electron chi connectivity index (χ4n) is 2.68. The molecule has 3 amide bonds. The average molecular weight is 491 g/mol. The van der Waals surface area contributed by atoms with Crippen LogP contribution in [0.3, 0.4) is 0 Å². The van der Waals surface area contributed by atoms with Crippen molar-refractivity contribution in [2.24, 2.45) is 0 Å². The van der Waals surface area contributed by atoms with E-state index in [1.807, 2.05) is 17.5 Å². The van der Waals surface area contributed by atoms with Gasteiger partial charge >= 0.3 is 0 Å². The van der Waals surface area contributed by atoms with Gasteiger partial charge in [-0.15, -0.1) is 21.5 Å². The van der Waals surface area contributed by atoms with Crippen LogP contribution in [0.15, 0.2) is 56.3 Å². The number of rotatable bonds is 8. The van der Waals surface area contributed by atoms with E-state index in [0.29, 0.717) is 5.89 Å². The predicted octanol–water partition coefficient (Wildman–Crippen LogP) is 3.88. The molecule has 1 aliphatic rings. The molecule has 0 saturated carbocycles. The molecule has 32 heavy (non-hydrogen) atoms. The fourth-order valence-corrected chi connectivity index (χ4v) is 4.77. The largest absolute Gasteiger partial charge is 0.410 e. The number of hydrogen-bond donors (Lipinski definition) is 1. The SMILES string of the molecule is O=C(CSc1nnc(-c2cccs2)o1)NCCN1C(=O)S/C(=C\c2ccccc2F)C1=O. The number of imide groups is 1. The summed E-state index contributed by atoms with van der Waals surface area (Å²) in [5, 5.41) is 12.2.